The summed E-state index contributed by atoms with van der Waals surface area (Å²) in [6.45, 7) is 3.23. The van der Waals surface area contributed by atoms with Crippen molar-refractivity contribution in [3.8, 4) is 11.1 Å². The summed E-state index contributed by atoms with van der Waals surface area (Å²) in [5.41, 5.74) is 2.97. The summed E-state index contributed by atoms with van der Waals surface area (Å²) in [5, 5.41) is 0. The molecule has 0 aliphatic heterocycles. The smallest absolute Gasteiger partial charge is 0.0280 e. The maximum absolute atomic E-state index is 7.89. The summed E-state index contributed by atoms with van der Waals surface area (Å²) in [5.74, 6) is 0. The van der Waals surface area contributed by atoms with Gasteiger partial charge in [-0.15, -0.1) is 0 Å². The Bertz CT molecular complexity index is 776. The highest BCUT2D eigenvalue weighted by Gasteiger charge is 2.16. The zero-order valence-corrected chi connectivity index (χ0v) is 12.0. The first-order valence-electron chi connectivity index (χ1n) is 9.48. The van der Waals surface area contributed by atoms with Gasteiger partial charge >= 0.3 is 0 Å². The lowest BCUT2D eigenvalue weighted by Gasteiger charge is -2.22. The monoisotopic (exact) mass is 258 g/mol. The molecular weight excluding hydrogens is 228 g/mol. The van der Waals surface area contributed by atoms with Gasteiger partial charge in [0, 0.05) is 8.22 Å². The number of benzene rings is 2. The van der Waals surface area contributed by atoms with E-state index in [0.29, 0.717) is 11.1 Å². The zero-order chi connectivity index (χ0) is 19.2. The van der Waals surface area contributed by atoms with Crippen LogP contribution in [0.2, 0.25) is 0 Å². The molecule has 0 aromatic heterocycles. The van der Waals surface area contributed by atoms with Crippen LogP contribution in [0.15, 0.2) is 36.4 Å². The maximum atomic E-state index is 7.89. The Balaban J connectivity index is 2.75. The molecule has 0 N–H and O–H groups in total. The van der Waals surface area contributed by atoms with E-state index in [0.717, 1.165) is 11.1 Å². The fourth-order valence-corrected chi connectivity index (χ4v) is 2.28. The van der Waals surface area contributed by atoms with Crippen molar-refractivity contribution in [3.05, 3.63) is 58.7 Å². The van der Waals surface area contributed by atoms with Crippen LogP contribution in [0, 0.1) is 20.6 Å². The molecule has 0 spiro atoms. The Morgan fingerprint density at radius 2 is 1.63 bits per heavy atom. The normalized spacial score (nSPS) is 17.7. The van der Waals surface area contributed by atoms with Gasteiger partial charge in [-0.05, 0) is 53.9 Å². The minimum atomic E-state index is -2.26. The van der Waals surface area contributed by atoms with Gasteiger partial charge < -0.3 is 0 Å². The third kappa shape index (κ3) is 2.89. The van der Waals surface area contributed by atoms with Gasteiger partial charge in [0.05, 0.1) is 0 Å². The van der Waals surface area contributed by atoms with Crippen molar-refractivity contribution in [1.29, 1.82) is 0 Å². The molecule has 0 amide bonds. The molecule has 100 valence electrons. The molecule has 0 saturated heterocycles. The fraction of sp³-hybridized carbons (Fsp3) is 0.368. The predicted molar refractivity (Wildman–Crippen MR) is 84.8 cm³/mol. The van der Waals surface area contributed by atoms with Crippen LogP contribution in [0.4, 0.5) is 0 Å². The van der Waals surface area contributed by atoms with Crippen LogP contribution in [0.1, 0.15) is 51.2 Å². The van der Waals surface area contributed by atoms with Gasteiger partial charge in [-0.1, -0.05) is 62.7 Å². The highest BCUT2D eigenvalue weighted by atomic mass is 14.2. The molecule has 19 heavy (non-hydrogen) atoms. The van der Waals surface area contributed by atoms with E-state index >= 15 is 0 Å². The van der Waals surface area contributed by atoms with Crippen molar-refractivity contribution in [2.24, 2.45) is 0 Å². The number of hydrogen-bond acceptors (Lipinski definition) is 0. The number of hydrogen-bond donors (Lipinski definition) is 0. The molecule has 0 heterocycles. The molecule has 0 saturated carbocycles. The molecule has 0 bridgehead atoms. The van der Waals surface area contributed by atoms with E-state index in [1.54, 1.807) is 24.3 Å². The number of aryl methyl sites for hydroxylation is 3. The van der Waals surface area contributed by atoms with Gasteiger partial charge in [0.1, 0.15) is 0 Å². The Morgan fingerprint density at radius 1 is 0.895 bits per heavy atom. The SMILES string of the molecule is [2H]C([2H])([2H])c1cc(C)ccc1-c1ccc(C(C)(C)C)c(C([2H])([2H])[2H])c1. The molecule has 0 unspecified atom stereocenters. The summed E-state index contributed by atoms with van der Waals surface area (Å²) in [6, 6.07) is 10.5. The second kappa shape index (κ2) is 4.85. The quantitative estimate of drug-likeness (QED) is 0.626. The van der Waals surface area contributed by atoms with Gasteiger partial charge in [-0.25, -0.2) is 0 Å². The minimum absolute atomic E-state index is 0.243. The van der Waals surface area contributed by atoms with Crippen LogP contribution < -0.4 is 0 Å². The molecule has 0 aliphatic rings. The summed E-state index contributed by atoms with van der Waals surface area (Å²) < 4.78 is 47.1. The van der Waals surface area contributed by atoms with E-state index in [9.17, 15) is 0 Å². The van der Waals surface area contributed by atoms with Crippen LogP contribution >= 0.6 is 0 Å². The molecule has 2 aromatic rings. The summed E-state index contributed by atoms with van der Waals surface area (Å²) >= 11 is 0. The second-order valence-electron chi connectivity index (χ2n) is 6.06. The van der Waals surface area contributed by atoms with Crippen LogP contribution in [-0.2, 0) is 5.41 Å². The first-order chi connectivity index (χ1) is 11.2. The first-order valence-corrected chi connectivity index (χ1v) is 6.48. The highest BCUT2D eigenvalue weighted by molar-refractivity contribution is 5.69. The van der Waals surface area contributed by atoms with Crippen LogP contribution in [-0.4, -0.2) is 0 Å². The molecule has 0 fully saturated rings. The summed E-state index contributed by atoms with van der Waals surface area (Å²) in [6.07, 6.45) is 0. The predicted octanol–water partition coefficient (Wildman–Crippen LogP) is 5.58. The van der Waals surface area contributed by atoms with Gasteiger partial charge in [-0.3, -0.25) is 0 Å². The number of rotatable bonds is 1. The van der Waals surface area contributed by atoms with Gasteiger partial charge in [-0.2, -0.15) is 0 Å². The van der Waals surface area contributed by atoms with E-state index in [4.69, 9.17) is 8.22 Å². The van der Waals surface area contributed by atoms with Crippen molar-refractivity contribution >= 4 is 0 Å². The topological polar surface area (TPSA) is 0 Å². The Morgan fingerprint density at radius 3 is 2.26 bits per heavy atom. The molecular formula is C19H24. The third-order valence-corrected chi connectivity index (χ3v) is 3.31. The van der Waals surface area contributed by atoms with Gasteiger partial charge in [0.15, 0.2) is 0 Å². The van der Waals surface area contributed by atoms with E-state index in [1.807, 2.05) is 39.8 Å². The fourth-order valence-electron chi connectivity index (χ4n) is 2.28. The molecule has 0 nitrogen and oxygen atoms in total. The van der Waals surface area contributed by atoms with Gasteiger partial charge in [0.2, 0.25) is 0 Å². The van der Waals surface area contributed by atoms with Crippen molar-refractivity contribution in [1.82, 2.24) is 0 Å². The van der Waals surface area contributed by atoms with Crippen LogP contribution in [0.3, 0.4) is 0 Å². The molecule has 0 radical (unpaired) electrons. The molecule has 2 aromatic carbocycles. The van der Waals surface area contributed by atoms with Crippen molar-refractivity contribution < 1.29 is 8.22 Å². The molecule has 0 atom stereocenters. The average Bonchev–Trinajstić information content (AvgIpc) is 2.44. The summed E-state index contributed by atoms with van der Waals surface area (Å²) in [4.78, 5) is 0. The molecule has 0 aliphatic carbocycles. The van der Waals surface area contributed by atoms with Crippen molar-refractivity contribution in [3.63, 3.8) is 0 Å². The Labute approximate surface area is 125 Å². The lowest BCUT2D eigenvalue weighted by Crippen LogP contribution is -2.12. The third-order valence-electron chi connectivity index (χ3n) is 3.31. The lowest BCUT2D eigenvalue weighted by molar-refractivity contribution is 0.586. The van der Waals surface area contributed by atoms with Crippen LogP contribution in [0.25, 0.3) is 11.1 Å². The maximum Gasteiger partial charge on any atom is 0.0280 e. The van der Waals surface area contributed by atoms with E-state index in [-0.39, 0.29) is 16.5 Å². The Kier molecular flexibility index (Phi) is 2.01. The van der Waals surface area contributed by atoms with E-state index in [2.05, 4.69) is 0 Å². The van der Waals surface area contributed by atoms with E-state index < -0.39 is 13.7 Å². The first kappa shape index (κ1) is 7.89. The lowest BCUT2D eigenvalue weighted by atomic mass is 9.83. The van der Waals surface area contributed by atoms with Gasteiger partial charge in [0.25, 0.3) is 0 Å². The van der Waals surface area contributed by atoms with E-state index in [1.165, 1.54) is 0 Å². The second-order valence-corrected chi connectivity index (χ2v) is 6.06. The van der Waals surface area contributed by atoms with Crippen LogP contribution in [0.5, 0.6) is 0 Å². The summed E-state index contributed by atoms with van der Waals surface area (Å²) in [7, 11) is 0. The van der Waals surface area contributed by atoms with Crippen molar-refractivity contribution in [2.75, 3.05) is 0 Å². The zero-order valence-electron chi connectivity index (χ0n) is 18.0. The highest BCUT2D eigenvalue weighted by Crippen LogP contribution is 2.31. The largest absolute Gasteiger partial charge is 0.0587 e. The molecule has 0 heteroatoms. The minimum Gasteiger partial charge on any atom is -0.0587 e. The average molecular weight is 258 g/mol. The van der Waals surface area contributed by atoms with Crippen molar-refractivity contribution in [2.45, 2.75) is 46.8 Å². The Hall–Kier alpha value is -1.56. The molecule has 2 rings (SSSR count). The standard InChI is InChI=1S/C19H24/c1-13-7-9-17(14(2)11-13)16-8-10-18(15(3)12-16)19(4,5)6/h7-12H,1-6H3/i2D3,3D3.